The van der Waals surface area contributed by atoms with Gasteiger partial charge in [-0.3, -0.25) is 0 Å². The summed E-state index contributed by atoms with van der Waals surface area (Å²) in [4.78, 5) is 19.8. The van der Waals surface area contributed by atoms with E-state index < -0.39 is 0 Å². The molecule has 0 bridgehead atoms. The Kier molecular flexibility index (Phi) is 5.04. The molecule has 6 nitrogen and oxygen atoms in total. The summed E-state index contributed by atoms with van der Waals surface area (Å²) in [5.41, 5.74) is 6.99. The summed E-state index contributed by atoms with van der Waals surface area (Å²) < 4.78 is 20.4. The van der Waals surface area contributed by atoms with E-state index in [1.165, 1.54) is 23.0 Å². The van der Waals surface area contributed by atoms with Crippen LogP contribution in [-0.2, 0) is 6.42 Å². The maximum Gasteiger partial charge on any atom is 0.314 e. The first-order valence-corrected chi connectivity index (χ1v) is 11.0. The van der Waals surface area contributed by atoms with E-state index in [-0.39, 0.29) is 11.8 Å². The van der Waals surface area contributed by atoms with Gasteiger partial charge in [0.1, 0.15) is 17.1 Å². The monoisotopic (exact) mass is 426 g/mol. The predicted molar refractivity (Wildman–Crippen MR) is 114 cm³/mol. The highest BCUT2D eigenvalue weighted by Gasteiger charge is 2.40. The van der Waals surface area contributed by atoms with Gasteiger partial charge in [-0.25, -0.2) is 9.18 Å². The molecule has 8 heteroatoms. The second-order valence-corrected chi connectivity index (χ2v) is 9.08. The molecule has 0 spiro atoms. The number of rotatable bonds is 5. The SMILES string of the molecule is NC(=O)N1CC2CN(CCc3ccc(Oc4nc5c(F)cccc5s4)cc3)CC2C1. The van der Waals surface area contributed by atoms with Crippen molar-refractivity contribution in [3.05, 3.63) is 53.8 Å². The summed E-state index contributed by atoms with van der Waals surface area (Å²) in [5, 5.41) is 0.441. The fraction of sp³-hybridized carbons (Fsp3) is 0.364. The fourth-order valence-electron chi connectivity index (χ4n) is 4.50. The molecule has 2 amide bonds. The number of halogens is 1. The highest BCUT2D eigenvalue weighted by atomic mass is 32.1. The van der Waals surface area contributed by atoms with Gasteiger partial charge in [-0.05, 0) is 48.1 Å². The molecule has 156 valence electrons. The van der Waals surface area contributed by atoms with Crippen molar-refractivity contribution >= 4 is 27.6 Å². The molecule has 2 aliphatic rings. The number of nitrogens with zero attached hydrogens (tertiary/aromatic N) is 3. The van der Waals surface area contributed by atoms with Crippen LogP contribution < -0.4 is 10.5 Å². The van der Waals surface area contributed by atoms with E-state index in [0.717, 1.165) is 43.8 Å². The zero-order chi connectivity index (χ0) is 20.7. The quantitative estimate of drug-likeness (QED) is 0.675. The number of benzene rings is 2. The highest BCUT2D eigenvalue weighted by Crippen LogP contribution is 2.33. The van der Waals surface area contributed by atoms with E-state index in [2.05, 4.69) is 22.0 Å². The molecule has 2 aliphatic heterocycles. The maximum absolute atomic E-state index is 13.8. The van der Waals surface area contributed by atoms with Crippen molar-refractivity contribution in [2.24, 2.45) is 17.6 Å². The molecular formula is C22H23FN4O2S. The second-order valence-electron chi connectivity index (χ2n) is 8.09. The summed E-state index contributed by atoms with van der Waals surface area (Å²) in [7, 11) is 0. The van der Waals surface area contributed by atoms with Crippen LogP contribution in [0.4, 0.5) is 9.18 Å². The standard InChI is InChI=1S/C22H23FN4O2S/c23-18-2-1-3-19-20(18)25-22(30-19)29-17-6-4-14(5-7-17)8-9-26-10-15-12-27(21(24)28)13-16(15)11-26/h1-7,15-16H,8-13H2,(H2,24,28). The molecule has 2 unspecified atom stereocenters. The molecular weight excluding hydrogens is 403 g/mol. The normalized spacial score (nSPS) is 21.3. The third kappa shape index (κ3) is 3.85. The molecule has 2 N–H and O–H groups in total. The van der Waals surface area contributed by atoms with E-state index >= 15 is 0 Å². The molecule has 2 aromatic carbocycles. The number of hydrogen-bond acceptors (Lipinski definition) is 5. The lowest BCUT2D eigenvalue weighted by Crippen LogP contribution is -2.37. The van der Waals surface area contributed by atoms with Gasteiger partial charge in [0.2, 0.25) is 0 Å². The number of carbonyl (C=O) groups is 1. The third-order valence-electron chi connectivity index (χ3n) is 6.07. The third-order valence-corrected chi connectivity index (χ3v) is 6.97. The lowest BCUT2D eigenvalue weighted by atomic mass is 10.0. The fourth-order valence-corrected chi connectivity index (χ4v) is 5.35. The number of aromatic nitrogens is 1. The molecule has 5 rings (SSSR count). The number of ether oxygens (including phenoxy) is 1. The van der Waals surface area contributed by atoms with Gasteiger partial charge in [-0.15, -0.1) is 0 Å². The minimum Gasteiger partial charge on any atom is -0.431 e. The minimum atomic E-state index is -0.331. The van der Waals surface area contributed by atoms with Crippen LogP contribution in [0.15, 0.2) is 42.5 Å². The first-order chi connectivity index (χ1) is 14.5. The summed E-state index contributed by atoms with van der Waals surface area (Å²) in [6.07, 6.45) is 0.964. The Morgan fingerprint density at radius 2 is 1.87 bits per heavy atom. The molecule has 2 saturated heterocycles. The van der Waals surface area contributed by atoms with E-state index in [4.69, 9.17) is 10.5 Å². The smallest absolute Gasteiger partial charge is 0.314 e. The largest absolute Gasteiger partial charge is 0.431 e. The van der Waals surface area contributed by atoms with Crippen LogP contribution in [0.1, 0.15) is 5.56 Å². The Bertz CT molecular complexity index is 1060. The number of thiazole rings is 1. The van der Waals surface area contributed by atoms with Crippen LogP contribution in [0.2, 0.25) is 0 Å². The van der Waals surface area contributed by atoms with Gasteiger partial charge < -0.3 is 20.3 Å². The second kappa shape index (κ2) is 7.85. The van der Waals surface area contributed by atoms with Crippen molar-refractivity contribution in [1.29, 1.82) is 0 Å². The van der Waals surface area contributed by atoms with Crippen LogP contribution in [0.25, 0.3) is 10.2 Å². The molecule has 2 fully saturated rings. The Morgan fingerprint density at radius 1 is 1.13 bits per heavy atom. The van der Waals surface area contributed by atoms with Gasteiger partial charge in [-0.1, -0.05) is 29.5 Å². The van der Waals surface area contributed by atoms with Gasteiger partial charge in [0, 0.05) is 32.7 Å². The summed E-state index contributed by atoms with van der Waals surface area (Å²) in [6.45, 7) is 4.64. The van der Waals surface area contributed by atoms with Gasteiger partial charge in [0.25, 0.3) is 5.19 Å². The van der Waals surface area contributed by atoms with Crippen LogP contribution in [0, 0.1) is 17.7 Å². The number of hydrogen-bond donors (Lipinski definition) is 1. The molecule has 1 aromatic heterocycles. The number of nitrogens with two attached hydrogens (primary N) is 1. The van der Waals surface area contributed by atoms with Crippen molar-refractivity contribution in [2.75, 3.05) is 32.7 Å². The van der Waals surface area contributed by atoms with Gasteiger partial charge in [-0.2, -0.15) is 4.98 Å². The summed E-state index contributed by atoms with van der Waals surface area (Å²) in [6, 6.07) is 12.6. The van der Waals surface area contributed by atoms with Crippen molar-refractivity contribution in [1.82, 2.24) is 14.8 Å². The van der Waals surface area contributed by atoms with Crippen molar-refractivity contribution in [3.63, 3.8) is 0 Å². The molecule has 30 heavy (non-hydrogen) atoms. The van der Waals surface area contributed by atoms with E-state index in [1.54, 1.807) is 11.0 Å². The van der Waals surface area contributed by atoms with Crippen molar-refractivity contribution in [2.45, 2.75) is 6.42 Å². The molecule has 3 heterocycles. The Labute approximate surface area is 178 Å². The van der Waals surface area contributed by atoms with Gasteiger partial charge in [0.15, 0.2) is 0 Å². The molecule has 0 radical (unpaired) electrons. The first-order valence-electron chi connectivity index (χ1n) is 10.1. The number of amides is 2. The van der Waals surface area contributed by atoms with Crippen molar-refractivity contribution < 1.29 is 13.9 Å². The topological polar surface area (TPSA) is 71.7 Å². The maximum atomic E-state index is 13.8. The number of carbonyl (C=O) groups excluding carboxylic acids is 1. The van der Waals surface area contributed by atoms with Crippen LogP contribution in [-0.4, -0.2) is 53.5 Å². The lowest BCUT2D eigenvalue weighted by molar-refractivity contribution is 0.209. The Hall–Kier alpha value is -2.71. The minimum absolute atomic E-state index is 0.297. The average molecular weight is 427 g/mol. The van der Waals surface area contributed by atoms with E-state index in [9.17, 15) is 9.18 Å². The number of urea groups is 1. The zero-order valence-electron chi connectivity index (χ0n) is 16.5. The lowest BCUT2D eigenvalue weighted by Gasteiger charge is -2.20. The molecule has 0 aliphatic carbocycles. The first kappa shape index (κ1) is 19.3. The Morgan fingerprint density at radius 3 is 2.53 bits per heavy atom. The number of likely N-dealkylation sites (tertiary alicyclic amines) is 2. The van der Waals surface area contributed by atoms with Crippen LogP contribution in [0.3, 0.4) is 0 Å². The van der Waals surface area contributed by atoms with Crippen molar-refractivity contribution in [3.8, 4) is 10.9 Å². The molecule has 0 saturated carbocycles. The zero-order valence-corrected chi connectivity index (χ0v) is 17.3. The average Bonchev–Trinajstić information content (AvgIpc) is 3.40. The number of fused-ring (bicyclic) bond motifs is 2. The molecule has 2 atom stereocenters. The van der Waals surface area contributed by atoms with E-state index in [0.29, 0.717) is 28.3 Å². The predicted octanol–water partition coefficient (Wildman–Crippen LogP) is 3.71. The number of primary amides is 1. The highest BCUT2D eigenvalue weighted by molar-refractivity contribution is 7.20. The van der Waals surface area contributed by atoms with E-state index in [1.807, 2.05) is 18.2 Å². The number of para-hydroxylation sites is 1. The molecule has 3 aromatic rings. The Balaban J connectivity index is 1.14. The van der Waals surface area contributed by atoms with Crippen LogP contribution in [0.5, 0.6) is 10.9 Å². The van der Waals surface area contributed by atoms with Gasteiger partial charge >= 0.3 is 6.03 Å². The summed E-state index contributed by atoms with van der Waals surface area (Å²) in [5.74, 6) is 1.46. The summed E-state index contributed by atoms with van der Waals surface area (Å²) >= 11 is 1.34. The van der Waals surface area contributed by atoms with Gasteiger partial charge in [0.05, 0.1) is 4.70 Å². The van der Waals surface area contributed by atoms with Crippen LogP contribution >= 0.6 is 11.3 Å².